The molecule has 0 aliphatic carbocycles. The molecule has 1 amide bonds. The summed E-state index contributed by atoms with van der Waals surface area (Å²) in [7, 11) is 0. The number of hydrogen-bond acceptors (Lipinski definition) is 2. The lowest BCUT2D eigenvalue weighted by molar-refractivity contribution is 0.0944. The molecule has 0 radical (unpaired) electrons. The third kappa shape index (κ3) is 2.76. The number of amides is 1. The van der Waals surface area contributed by atoms with E-state index in [-0.39, 0.29) is 5.91 Å². The predicted molar refractivity (Wildman–Crippen MR) is 90.0 cm³/mol. The van der Waals surface area contributed by atoms with E-state index in [1.807, 2.05) is 60.8 Å². The summed E-state index contributed by atoms with van der Waals surface area (Å²) in [5.41, 5.74) is 4.21. The van der Waals surface area contributed by atoms with Crippen LogP contribution in [0.25, 0.3) is 5.65 Å². The molecule has 2 aromatic heterocycles. The maximum Gasteiger partial charge on any atom is 0.270 e. The number of carbonyl (C=O) groups excluding carboxylic acids is 1. The Kier molecular flexibility index (Phi) is 3.98. The van der Waals surface area contributed by atoms with Crippen LogP contribution in [0.15, 0.2) is 47.1 Å². The summed E-state index contributed by atoms with van der Waals surface area (Å²) in [6.07, 6.45) is 1.87. The first-order chi connectivity index (χ1) is 10.6. The zero-order valence-corrected chi connectivity index (χ0v) is 14.0. The Morgan fingerprint density at radius 1 is 1.27 bits per heavy atom. The number of nitrogens with zero attached hydrogens (tertiary/aromatic N) is 2. The van der Waals surface area contributed by atoms with E-state index in [9.17, 15) is 4.79 Å². The zero-order chi connectivity index (χ0) is 15.7. The predicted octanol–water partition coefficient (Wildman–Crippen LogP) is 3.64. The van der Waals surface area contributed by atoms with Gasteiger partial charge in [0.15, 0.2) is 0 Å². The van der Waals surface area contributed by atoms with Crippen LogP contribution in [0.3, 0.4) is 0 Å². The van der Waals surface area contributed by atoms with E-state index >= 15 is 0 Å². The minimum absolute atomic E-state index is 0.119. The van der Waals surface area contributed by atoms with E-state index in [4.69, 9.17) is 0 Å². The lowest BCUT2D eigenvalue weighted by Gasteiger charge is -2.07. The van der Waals surface area contributed by atoms with Crippen LogP contribution >= 0.6 is 15.9 Å². The quantitative estimate of drug-likeness (QED) is 0.777. The number of fused-ring (bicyclic) bond motifs is 1. The van der Waals surface area contributed by atoms with Crippen molar-refractivity contribution in [3.8, 4) is 0 Å². The van der Waals surface area contributed by atoms with Gasteiger partial charge in [-0.05, 0) is 47.0 Å². The first kappa shape index (κ1) is 14.8. The minimum Gasteiger partial charge on any atom is -0.347 e. The summed E-state index contributed by atoms with van der Waals surface area (Å²) in [5.74, 6) is -0.119. The number of nitrogens with one attached hydrogen (secondary N) is 1. The summed E-state index contributed by atoms with van der Waals surface area (Å²) in [6.45, 7) is 4.34. The molecule has 0 fully saturated rings. The van der Waals surface area contributed by atoms with Gasteiger partial charge in [0.2, 0.25) is 0 Å². The second kappa shape index (κ2) is 5.93. The summed E-state index contributed by atoms with van der Waals surface area (Å²) in [6, 6.07) is 11.8. The number of pyridine rings is 1. The molecule has 0 spiro atoms. The van der Waals surface area contributed by atoms with Crippen LogP contribution in [-0.2, 0) is 6.54 Å². The van der Waals surface area contributed by atoms with E-state index < -0.39 is 0 Å². The molecule has 1 aromatic carbocycles. The average molecular weight is 358 g/mol. The van der Waals surface area contributed by atoms with Crippen molar-refractivity contribution in [2.24, 2.45) is 0 Å². The maximum atomic E-state index is 12.5. The van der Waals surface area contributed by atoms with Gasteiger partial charge in [-0.2, -0.15) is 0 Å². The Morgan fingerprint density at radius 3 is 2.73 bits per heavy atom. The number of aromatic nitrogens is 2. The van der Waals surface area contributed by atoms with Gasteiger partial charge in [-0.1, -0.05) is 30.3 Å². The van der Waals surface area contributed by atoms with Crippen molar-refractivity contribution in [1.29, 1.82) is 0 Å². The first-order valence-electron chi connectivity index (χ1n) is 7.03. The van der Waals surface area contributed by atoms with Gasteiger partial charge in [-0.15, -0.1) is 0 Å². The van der Waals surface area contributed by atoms with Crippen LogP contribution in [0, 0.1) is 13.8 Å². The molecule has 0 saturated carbocycles. The topological polar surface area (TPSA) is 46.4 Å². The molecule has 0 bridgehead atoms. The van der Waals surface area contributed by atoms with Crippen molar-refractivity contribution in [1.82, 2.24) is 14.7 Å². The molecule has 3 rings (SSSR count). The van der Waals surface area contributed by atoms with Crippen LogP contribution in [0.5, 0.6) is 0 Å². The Labute approximate surface area is 137 Å². The Hall–Kier alpha value is -2.14. The number of imidazole rings is 1. The highest BCUT2D eigenvalue weighted by atomic mass is 79.9. The molecule has 3 aromatic rings. The van der Waals surface area contributed by atoms with Gasteiger partial charge < -0.3 is 5.32 Å². The number of benzene rings is 1. The summed E-state index contributed by atoms with van der Waals surface area (Å²) in [4.78, 5) is 17.1. The fourth-order valence-electron chi connectivity index (χ4n) is 2.52. The van der Waals surface area contributed by atoms with Gasteiger partial charge in [-0.25, -0.2) is 4.98 Å². The van der Waals surface area contributed by atoms with Crippen LogP contribution < -0.4 is 5.32 Å². The summed E-state index contributed by atoms with van der Waals surface area (Å²) >= 11 is 3.47. The Morgan fingerprint density at radius 2 is 2.00 bits per heavy atom. The van der Waals surface area contributed by atoms with E-state index in [0.29, 0.717) is 12.2 Å². The number of rotatable bonds is 3. The summed E-state index contributed by atoms with van der Waals surface area (Å²) in [5, 5.41) is 2.96. The van der Waals surface area contributed by atoms with E-state index in [1.54, 1.807) is 0 Å². The highest BCUT2D eigenvalue weighted by Gasteiger charge is 2.17. The number of carbonyl (C=O) groups is 1. The van der Waals surface area contributed by atoms with E-state index in [2.05, 4.69) is 26.2 Å². The molecule has 112 valence electrons. The van der Waals surface area contributed by atoms with Gasteiger partial charge in [0, 0.05) is 17.2 Å². The van der Waals surface area contributed by atoms with Gasteiger partial charge in [-0.3, -0.25) is 9.20 Å². The van der Waals surface area contributed by atoms with Crippen LogP contribution in [-0.4, -0.2) is 15.3 Å². The van der Waals surface area contributed by atoms with Crippen LogP contribution in [0.2, 0.25) is 0 Å². The van der Waals surface area contributed by atoms with Gasteiger partial charge in [0.05, 0.1) is 5.69 Å². The Bertz CT molecular complexity index is 840. The lowest BCUT2D eigenvalue weighted by Crippen LogP contribution is -2.25. The van der Waals surface area contributed by atoms with Crippen LogP contribution in [0.1, 0.15) is 27.3 Å². The smallest absolute Gasteiger partial charge is 0.270 e. The Balaban J connectivity index is 1.92. The minimum atomic E-state index is -0.119. The fourth-order valence-corrected chi connectivity index (χ4v) is 3.07. The van der Waals surface area contributed by atoms with Gasteiger partial charge >= 0.3 is 0 Å². The molecule has 5 heteroatoms. The normalized spacial score (nSPS) is 10.9. The molecule has 0 aliphatic heterocycles. The van der Waals surface area contributed by atoms with Crippen molar-refractivity contribution < 1.29 is 4.79 Å². The molecule has 0 unspecified atom stereocenters. The van der Waals surface area contributed by atoms with Crippen molar-refractivity contribution in [3.05, 3.63) is 69.6 Å². The van der Waals surface area contributed by atoms with Crippen molar-refractivity contribution in [2.45, 2.75) is 20.4 Å². The standard InChI is InChI=1S/C17H16BrN3O/c1-11-8-14(18)10-21-15(12(2)20-16(11)21)17(22)19-9-13-6-4-3-5-7-13/h3-8,10H,9H2,1-2H3,(H,19,22). The zero-order valence-electron chi connectivity index (χ0n) is 12.4. The molecule has 2 heterocycles. The number of halogens is 1. The number of aryl methyl sites for hydroxylation is 2. The highest BCUT2D eigenvalue weighted by molar-refractivity contribution is 9.10. The molecular weight excluding hydrogens is 342 g/mol. The van der Waals surface area contributed by atoms with Crippen molar-refractivity contribution >= 4 is 27.5 Å². The maximum absolute atomic E-state index is 12.5. The third-order valence-corrected chi connectivity index (χ3v) is 3.99. The van der Waals surface area contributed by atoms with E-state index in [1.165, 1.54) is 0 Å². The molecule has 0 saturated heterocycles. The van der Waals surface area contributed by atoms with Gasteiger partial charge in [0.25, 0.3) is 5.91 Å². The molecule has 22 heavy (non-hydrogen) atoms. The molecular formula is C17H16BrN3O. The second-order valence-corrected chi connectivity index (χ2v) is 6.16. The molecule has 1 N–H and O–H groups in total. The highest BCUT2D eigenvalue weighted by Crippen LogP contribution is 2.20. The summed E-state index contributed by atoms with van der Waals surface area (Å²) < 4.78 is 2.77. The monoisotopic (exact) mass is 357 g/mol. The largest absolute Gasteiger partial charge is 0.347 e. The fraction of sp³-hybridized carbons (Fsp3) is 0.176. The average Bonchev–Trinajstić information content (AvgIpc) is 2.82. The number of hydrogen-bond donors (Lipinski definition) is 1. The first-order valence-corrected chi connectivity index (χ1v) is 7.82. The van der Waals surface area contributed by atoms with Crippen LogP contribution in [0.4, 0.5) is 0 Å². The van der Waals surface area contributed by atoms with E-state index in [0.717, 1.165) is 26.9 Å². The molecule has 0 aliphatic rings. The van der Waals surface area contributed by atoms with Crippen molar-refractivity contribution in [3.63, 3.8) is 0 Å². The molecule has 4 nitrogen and oxygen atoms in total. The van der Waals surface area contributed by atoms with Gasteiger partial charge in [0.1, 0.15) is 11.3 Å². The molecule has 0 atom stereocenters. The third-order valence-electron chi connectivity index (χ3n) is 3.56. The SMILES string of the molecule is Cc1nc2c(C)cc(Br)cn2c1C(=O)NCc1ccccc1. The second-order valence-electron chi connectivity index (χ2n) is 5.25. The van der Waals surface area contributed by atoms with Crippen molar-refractivity contribution in [2.75, 3.05) is 0 Å². The lowest BCUT2D eigenvalue weighted by atomic mass is 10.2.